The Morgan fingerprint density at radius 2 is 1.06 bits per heavy atom. The molecule has 3 rings (SSSR count). The molecule has 3 aromatic carbocycles. The second-order valence-electron chi connectivity index (χ2n) is 7.16. The summed E-state index contributed by atoms with van der Waals surface area (Å²) in [6.45, 7) is 10.5. The third-order valence-corrected chi connectivity index (χ3v) is 5.00. The quantitative estimate of drug-likeness (QED) is 0.408. The van der Waals surface area contributed by atoms with Crippen LogP contribution in [0.4, 0.5) is 0 Å². The summed E-state index contributed by atoms with van der Waals surface area (Å²) in [4.78, 5) is 1.02. The van der Waals surface area contributed by atoms with Crippen LogP contribution in [0.3, 0.4) is 0 Å². The van der Waals surface area contributed by atoms with E-state index in [9.17, 15) is 0 Å². The Morgan fingerprint density at radius 3 is 1.26 bits per heavy atom. The monoisotopic (exact) mass is 433 g/mol. The van der Waals surface area contributed by atoms with Gasteiger partial charge in [0.2, 0.25) is 0 Å². The second kappa shape index (κ2) is 19.5. The van der Waals surface area contributed by atoms with Crippen molar-refractivity contribution in [2.24, 2.45) is 5.92 Å². The standard InChI is InChI=1S/2C8H10.C7H8S.C6H11N/c2*1-2-8-6-4-3-5-7-8;1-6-2-4-7(8)5-3-6;1-3-6(4-2)5-7/h2*3-7H,2H2,1H3;2-5,8H,1H3;6H,3-4H2,1-2H3. The Bertz CT molecular complexity index is 740. The van der Waals surface area contributed by atoms with Crippen molar-refractivity contribution in [2.45, 2.75) is 65.2 Å². The average molecular weight is 434 g/mol. The van der Waals surface area contributed by atoms with Gasteiger partial charge >= 0.3 is 0 Å². The van der Waals surface area contributed by atoms with Crippen molar-refractivity contribution >= 4 is 12.6 Å². The minimum absolute atomic E-state index is 0.292. The molecule has 0 unspecified atom stereocenters. The molecule has 0 heterocycles. The van der Waals surface area contributed by atoms with E-state index in [2.05, 4.69) is 88.0 Å². The SMILES string of the molecule is CCC(C#N)CC.CCc1ccccc1.CCc1ccccc1.Cc1ccc(S)cc1. The van der Waals surface area contributed by atoms with Crippen LogP contribution in [0.1, 0.15) is 57.2 Å². The van der Waals surface area contributed by atoms with Crippen molar-refractivity contribution in [1.29, 1.82) is 5.26 Å². The lowest BCUT2D eigenvalue weighted by Crippen LogP contribution is -1.88. The van der Waals surface area contributed by atoms with Gasteiger partial charge in [0.15, 0.2) is 0 Å². The van der Waals surface area contributed by atoms with Gasteiger partial charge in [-0.2, -0.15) is 5.26 Å². The van der Waals surface area contributed by atoms with Crippen LogP contribution in [0.25, 0.3) is 0 Å². The number of hydrogen-bond donors (Lipinski definition) is 1. The van der Waals surface area contributed by atoms with Gasteiger partial charge in [-0.3, -0.25) is 0 Å². The normalized spacial score (nSPS) is 9.10. The summed E-state index contributed by atoms with van der Waals surface area (Å²) in [5.74, 6) is 0.292. The highest BCUT2D eigenvalue weighted by Gasteiger charge is 1.96. The minimum atomic E-state index is 0.292. The van der Waals surface area contributed by atoms with Crippen LogP contribution in [0, 0.1) is 24.2 Å². The third-order valence-electron chi connectivity index (χ3n) is 4.70. The summed E-state index contributed by atoms with van der Waals surface area (Å²) in [6, 6.07) is 31.2. The van der Waals surface area contributed by atoms with Crippen LogP contribution < -0.4 is 0 Å². The van der Waals surface area contributed by atoms with Gasteiger partial charge in [-0.25, -0.2) is 0 Å². The first-order valence-corrected chi connectivity index (χ1v) is 11.7. The number of rotatable bonds is 4. The third kappa shape index (κ3) is 15.9. The van der Waals surface area contributed by atoms with Gasteiger partial charge in [0.05, 0.1) is 6.07 Å². The van der Waals surface area contributed by atoms with E-state index in [1.54, 1.807) is 0 Å². The second-order valence-corrected chi connectivity index (χ2v) is 7.67. The summed E-state index contributed by atoms with van der Waals surface area (Å²) >= 11 is 4.13. The number of nitriles is 1. The van der Waals surface area contributed by atoms with E-state index in [-0.39, 0.29) is 0 Å². The van der Waals surface area contributed by atoms with Gasteiger partial charge in [-0.05, 0) is 55.9 Å². The lowest BCUT2D eigenvalue weighted by molar-refractivity contribution is 0.620. The molecule has 3 aromatic rings. The Labute approximate surface area is 196 Å². The molecule has 0 spiro atoms. The Morgan fingerprint density at radius 1 is 0.677 bits per heavy atom. The fourth-order valence-corrected chi connectivity index (χ4v) is 2.59. The maximum Gasteiger partial charge on any atom is 0.0655 e. The van der Waals surface area contributed by atoms with Gasteiger partial charge in [-0.1, -0.05) is 106 Å². The highest BCUT2D eigenvalue weighted by molar-refractivity contribution is 7.80. The van der Waals surface area contributed by atoms with Crippen LogP contribution >= 0.6 is 12.6 Å². The average Bonchev–Trinajstić information content (AvgIpc) is 2.84. The van der Waals surface area contributed by atoms with E-state index < -0.39 is 0 Å². The summed E-state index contributed by atoms with van der Waals surface area (Å²) < 4.78 is 0. The van der Waals surface area contributed by atoms with Gasteiger partial charge in [0.1, 0.15) is 0 Å². The molecule has 0 N–H and O–H groups in total. The van der Waals surface area contributed by atoms with Crippen molar-refractivity contribution in [1.82, 2.24) is 0 Å². The van der Waals surface area contributed by atoms with E-state index in [1.807, 2.05) is 50.2 Å². The maximum atomic E-state index is 8.28. The molecule has 0 aromatic heterocycles. The fourth-order valence-electron chi connectivity index (χ4n) is 2.44. The van der Waals surface area contributed by atoms with Crippen molar-refractivity contribution < 1.29 is 0 Å². The van der Waals surface area contributed by atoms with E-state index in [0.717, 1.165) is 30.6 Å². The molecule has 166 valence electrons. The number of benzene rings is 3. The molecule has 0 saturated carbocycles. The molecular weight excluding hydrogens is 394 g/mol. The first-order valence-electron chi connectivity index (χ1n) is 11.2. The van der Waals surface area contributed by atoms with Crippen molar-refractivity contribution in [2.75, 3.05) is 0 Å². The summed E-state index contributed by atoms with van der Waals surface area (Å²) in [5.41, 5.74) is 4.10. The smallest absolute Gasteiger partial charge is 0.0655 e. The lowest BCUT2D eigenvalue weighted by atomic mass is 10.1. The fraction of sp³-hybridized carbons (Fsp3) is 0.345. The topological polar surface area (TPSA) is 23.8 Å². The van der Waals surface area contributed by atoms with Crippen LogP contribution in [-0.4, -0.2) is 0 Å². The first kappa shape index (κ1) is 28.5. The maximum absolute atomic E-state index is 8.28. The molecule has 0 fully saturated rings. The van der Waals surface area contributed by atoms with Crippen molar-refractivity contribution in [3.8, 4) is 6.07 Å². The zero-order valence-electron chi connectivity index (χ0n) is 19.9. The van der Waals surface area contributed by atoms with E-state index in [4.69, 9.17) is 5.26 Å². The van der Waals surface area contributed by atoms with Crippen LogP contribution in [0.15, 0.2) is 89.8 Å². The molecule has 0 aliphatic heterocycles. The summed E-state index contributed by atoms with van der Waals surface area (Å²) in [6.07, 6.45) is 4.27. The number of nitrogens with zero attached hydrogens (tertiary/aromatic N) is 1. The predicted octanol–water partition coefficient (Wildman–Crippen LogP) is 8.73. The molecule has 0 amide bonds. The summed E-state index contributed by atoms with van der Waals surface area (Å²) in [5, 5.41) is 8.28. The van der Waals surface area contributed by atoms with Crippen LogP contribution in [-0.2, 0) is 12.8 Å². The number of aryl methyl sites for hydroxylation is 3. The molecule has 1 nitrogen and oxygen atoms in total. The Balaban J connectivity index is 0.000000388. The van der Waals surface area contributed by atoms with E-state index in [1.165, 1.54) is 16.7 Å². The Hall–Kier alpha value is -2.50. The van der Waals surface area contributed by atoms with Gasteiger partial charge in [-0.15, -0.1) is 12.6 Å². The molecule has 0 aliphatic rings. The predicted molar refractivity (Wildman–Crippen MR) is 140 cm³/mol. The zero-order valence-corrected chi connectivity index (χ0v) is 20.8. The number of hydrogen-bond acceptors (Lipinski definition) is 2. The Kier molecular flexibility index (Phi) is 17.9. The molecule has 31 heavy (non-hydrogen) atoms. The summed E-state index contributed by atoms with van der Waals surface area (Å²) in [7, 11) is 0. The minimum Gasteiger partial charge on any atom is -0.198 e. The highest BCUT2D eigenvalue weighted by Crippen LogP contribution is 2.05. The van der Waals surface area contributed by atoms with Gasteiger partial charge < -0.3 is 0 Å². The molecule has 0 atom stereocenters. The first-order chi connectivity index (χ1) is 15.0. The lowest BCUT2D eigenvalue weighted by Gasteiger charge is -1.95. The van der Waals surface area contributed by atoms with Crippen LogP contribution in [0.5, 0.6) is 0 Å². The van der Waals surface area contributed by atoms with Gasteiger partial charge in [0, 0.05) is 10.8 Å². The molecule has 0 saturated heterocycles. The van der Waals surface area contributed by atoms with Gasteiger partial charge in [0.25, 0.3) is 0 Å². The van der Waals surface area contributed by atoms with E-state index in [0.29, 0.717) is 5.92 Å². The molecule has 0 aliphatic carbocycles. The molecule has 2 heteroatoms. The molecular formula is C29H39NS. The van der Waals surface area contributed by atoms with Crippen molar-refractivity contribution in [3.05, 3.63) is 102 Å². The zero-order chi connectivity index (χ0) is 23.3. The van der Waals surface area contributed by atoms with Crippen molar-refractivity contribution in [3.63, 3.8) is 0 Å². The highest BCUT2D eigenvalue weighted by atomic mass is 32.1. The largest absolute Gasteiger partial charge is 0.198 e. The van der Waals surface area contributed by atoms with E-state index >= 15 is 0 Å². The van der Waals surface area contributed by atoms with Crippen LogP contribution in [0.2, 0.25) is 0 Å². The molecule has 0 radical (unpaired) electrons. The molecule has 0 bridgehead atoms. The number of thiol groups is 1.